The van der Waals surface area contributed by atoms with E-state index in [0.717, 1.165) is 55.5 Å². The van der Waals surface area contributed by atoms with Crippen LogP contribution >= 0.6 is 0 Å². The minimum atomic E-state index is -2.86. The summed E-state index contributed by atoms with van der Waals surface area (Å²) in [7, 11) is 0. The summed E-state index contributed by atoms with van der Waals surface area (Å²) in [4.78, 5) is 9.47. The summed E-state index contributed by atoms with van der Waals surface area (Å²) in [6.45, 7) is 10.0. The number of hydrogen-bond donors (Lipinski definition) is 0. The molecule has 0 atom stereocenters. The summed E-state index contributed by atoms with van der Waals surface area (Å²) < 4.78 is 19.5. The summed E-state index contributed by atoms with van der Waals surface area (Å²) in [6, 6.07) is 36.2. The van der Waals surface area contributed by atoms with Crippen LogP contribution in [0.2, 0.25) is 0 Å². The van der Waals surface area contributed by atoms with Gasteiger partial charge in [-0.05, 0) is 79.9 Å². The van der Waals surface area contributed by atoms with Gasteiger partial charge in [0.2, 0.25) is 0 Å². The standard InChI is InChI=1S/C15H14O.2C10H9NO.Al/c1-11(2)13-4-3-5-14(10-13)12-6-8-15(16)9-7-12;2*1-7-5-6-8-3-2-4-9(12)10(8)11-7;/h3-10,16H,1H2,2H3;2*2-6,12H,1H3;/q;;;+3/p-3. The second-order valence-electron chi connectivity index (χ2n) is 10.1. The topological polar surface area (TPSA) is 53.5 Å². The van der Waals surface area contributed by atoms with Crippen LogP contribution in [0, 0.1) is 13.8 Å². The Balaban J connectivity index is 1.34. The van der Waals surface area contributed by atoms with Crippen molar-refractivity contribution in [3.8, 4) is 28.4 Å². The van der Waals surface area contributed by atoms with E-state index in [0.29, 0.717) is 17.2 Å². The highest BCUT2D eigenvalue weighted by Gasteiger charge is 2.45. The van der Waals surface area contributed by atoms with Gasteiger partial charge in [0.1, 0.15) is 22.5 Å². The molecule has 200 valence electrons. The second-order valence-corrected chi connectivity index (χ2v) is 11.4. The highest BCUT2D eigenvalue weighted by atomic mass is 27.3. The van der Waals surface area contributed by atoms with Crippen molar-refractivity contribution in [3.63, 3.8) is 0 Å². The van der Waals surface area contributed by atoms with Crippen LogP contribution in [-0.4, -0.2) is 25.1 Å². The molecule has 0 fully saturated rings. The molecule has 6 heteroatoms. The van der Waals surface area contributed by atoms with Crippen molar-refractivity contribution < 1.29 is 11.4 Å². The van der Waals surface area contributed by atoms with Crippen molar-refractivity contribution in [1.82, 2.24) is 9.97 Å². The molecular formula is C35H29AlN2O3. The number of fused-ring (bicyclic) bond motifs is 2. The Morgan fingerprint density at radius 2 is 1.17 bits per heavy atom. The molecule has 0 radical (unpaired) electrons. The fraction of sp³-hybridized carbons (Fsp3) is 0.0857. The first-order chi connectivity index (χ1) is 19.9. The van der Waals surface area contributed by atoms with E-state index >= 15 is 0 Å². The molecule has 41 heavy (non-hydrogen) atoms. The van der Waals surface area contributed by atoms with E-state index in [2.05, 4.69) is 24.8 Å². The maximum atomic E-state index is 6.52. The lowest BCUT2D eigenvalue weighted by Crippen LogP contribution is -2.37. The van der Waals surface area contributed by atoms with Crippen LogP contribution in [0.15, 0.2) is 116 Å². The maximum Gasteiger partial charge on any atom is 1.20 e. The molecule has 0 aliphatic heterocycles. The normalized spacial score (nSPS) is 10.9. The predicted molar refractivity (Wildman–Crippen MR) is 167 cm³/mol. The average Bonchev–Trinajstić information content (AvgIpc) is 2.98. The van der Waals surface area contributed by atoms with Crippen molar-refractivity contribution in [2.45, 2.75) is 20.8 Å². The zero-order chi connectivity index (χ0) is 28.3. The number of aromatic nitrogens is 2. The quantitative estimate of drug-likeness (QED) is 0.177. The molecule has 2 aromatic heterocycles. The van der Waals surface area contributed by atoms with E-state index in [-0.39, 0.29) is 0 Å². The second kappa shape index (κ2) is 11.5. The number of nitrogens with zero attached hydrogens (tertiary/aromatic N) is 2. The van der Waals surface area contributed by atoms with Crippen molar-refractivity contribution in [3.05, 3.63) is 133 Å². The highest BCUT2D eigenvalue weighted by Crippen LogP contribution is 2.30. The first-order valence-electron chi connectivity index (χ1n) is 13.5. The minimum Gasteiger partial charge on any atom is -0.577 e. The molecule has 4 aromatic carbocycles. The highest BCUT2D eigenvalue weighted by molar-refractivity contribution is 6.40. The van der Waals surface area contributed by atoms with Crippen molar-refractivity contribution in [2.24, 2.45) is 0 Å². The molecule has 0 amide bonds. The van der Waals surface area contributed by atoms with Crippen LogP contribution in [0.5, 0.6) is 17.2 Å². The average molecular weight is 553 g/mol. The molecule has 0 unspecified atom stereocenters. The molecule has 0 bridgehead atoms. The van der Waals surface area contributed by atoms with Gasteiger partial charge in [0.15, 0.2) is 0 Å². The van der Waals surface area contributed by atoms with Gasteiger partial charge in [-0.2, -0.15) is 0 Å². The van der Waals surface area contributed by atoms with E-state index in [1.807, 2.05) is 112 Å². The van der Waals surface area contributed by atoms with Crippen LogP contribution in [0.25, 0.3) is 38.5 Å². The van der Waals surface area contributed by atoms with Crippen LogP contribution in [-0.2, 0) is 0 Å². The molecule has 6 aromatic rings. The Kier molecular flexibility index (Phi) is 7.44. The third-order valence-electron chi connectivity index (χ3n) is 6.87. The number of hydrogen-bond acceptors (Lipinski definition) is 5. The summed E-state index contributed by atoms with van der Waals surface area (Å²) in [5.41, 5.74) is 7.73. The monoisotopic (exact) mass is 552 g/mol. The Labute approximate surface area is 245 Å². The summed E-state index contributed by atoms with van der Waals surface area (Å²) in [6.07, 6.45) is 0. The first kappa shape index (κ1) is 26.6. The van der Waals surface area contributed by atoms with Crippen LogP contribution in [0.4, 0.5) is 0 Å². The van der Waals surface area contributed by atoms with Gasteiger partial charge in [-0.1, -0.05) is 78.9 Å². The van der Waals surface area contributed by atoms with Crippen LogP contribution in [0.3, 0.4) is 0 Å². The number of allylic oxidation sites excluding steroid dienone is 1. The van der Waals surface area contributed by atoms with Crippen molar-refractivity contribution >= 4 is 42.5 Å². The van der Waals surface area contributed by atoms with Gasteiger partial charge in [0, 0.05) is 22.2 Å². The third-order valence-corrected chi connectivity index (χ3v) is 8.22. The van der Waals surface area contributed by atoms with E-state index in [9.17, 15) is 0 Å². The van der Waals surface area contributed by atoms with Crippen LogP contribution in [0.1, 0.15) is 23.9 Å². The fourth-order valence-corrected chi connectivity index (χ4v) is 6.02. The number of para-hydroxylation sites is 2. The number of rotatable bonds is 8. The zero-order valence-electron chi connectivity index (χ0n) is 23.3. The lowest BCUT2D eigenvalue weighted by molar-refractivity contribution is 0.310. The third kappa shape index (κ3) is 5.95. The van der Waals surface area contributed by atoms with Gasteiger partial charge in [-0.25, -0.2) is 9.97 Å². The molecule has 0 aliphatic rings. The Morgan fingerprint density at radius 3 is 1.73 bits per heavy atom. The van der Waals surface area contributed by atoms with Gasteiger partial charge in [0.25, 0.3) is 0 Å². The SMILES string of the molecule is C=C(C)c1cccc(-c2ccc([O][Al]([O]c3cccc4ccc(C)nc34)[O]c3cccc4ccc(C)nc34)cc2)c1. The Bertz CT molecular complexity index is 1800. The molecule has 0 N–H and O–H groups in total. The maximum absolute atomic E-state index is 6.52. The summed E-state index contributed by atoms with van der Waals surface area (Å²) in [5.74, 6) is 1.91. The predicted octanol–water partition coefficient (Wildman–Crippen LogP) is 8.62. The molecular weight excluding hydrogens is 523 g/mol. The van der Waals surface area contributed by atoms with Gasteiger partial charge in [0.05, 0.1) is 5.75 Å². The van der Waals surface area contributed by atoms with E-state index in [1.165, 1.54) is 0 Å². The van der Waals surface area contributed by atoms with Gasteiger partial charge >= 0.3 is 15.1 Å². The van der Waals surface area contributed by atoms with Crippen molar-refractivity contribution in [2.75, 3.05) is 0 Å². The van der Waals surface area contributed by atoms with Gasteiger partial charge in [-0.3, -0.25) is 0 Å². The number of benzene rings is 4. The molecule has 6 rings (SSSR count). The lowest BCUT2D eigenvalue weighted by Gasteiger charge is -2.18. The first-order valence-corrected chi connectivity index (χ1v) is 14.9. The Hall–Kier alpha value is -4.63. The summed E-state index contributed by atoms with van der Waals surface area (Å²) >= 11 is -2.86. The van der Waals surface area contributed by atoms with E-state index < -0.39 is 15.1 Å². The van der Waals surface area contributed by atoms with Crippen molar-refractivity contribution in [1.29, 1.82) is 0 Å². The van der Waals surface area contributed by atoms with Gasteiger partial charge < -0.3 is 11.4 Å². The lowest BCUT2D eigenvalue weighted by atomic mass is 10.0. The molecule has 0 aliphatic carbocycles. The van der Waals surface area contributed by atoms with E-state index in [1.54, 1.807) is 0 Å². The fourth-order valence-electron chi connectivity index (χ4n) is 4.71. The largest absolute Gasteiger partial charge is 1.20 e. The minimum absolute atomic E-state index is 0.625. The van der Waals surface area contributed by atoms with Crippen LogP contribution < -0.4 is 11.4 Å². The summed E-state index contributed by atoms with van der Waals surface area (Å²) in [5, 5.41) is 1.98. The molecule has 5 nitrogen and oxygen atoms in total. The molecule has 0 spiro atoms. The van der Waals surface area contributed by atoms with E-state index in [4.69, 9.17) is 21.3 Å². The Morgan fingerprint density at radius 1 is 0.610 bits per heavy atom. The number of pyridine rings is 2. The smallest absolute Gasteiger partial charge is 0.577 e. The molecule has 2 heterocycles. The zero-order valence-corrected chi connectivity index (χ0v) is 24.5. The molecule has 0 saturated carbocycles. The molecule has 0 saturated heterocycles. The number of aryl methyl sites for hydroxylation is 2. The van der Waals surface area contributed by atoms with Gasteiger partial charge in [-0.15, -0.1) is 0 Å².